The summed E-state index contributed by atoms with van der Waals surface area (Å²) in [5.74, 6) is 0. The van der Waals surface area contributed by atoms with Gasteiger partial charge in [0.05, 0.1) is 5.69 Å². The first-order valence-corrected chi connectivity index (χ1v) is 9.44. The number of nitrogens with zero attached hydrogens (tertiary/aromatic N) is 3. The third-order valence-electron chi connectivity index (χ3n) is 4.77. The van der Waals surface area contributed by atoms with Crippen LogP contribution in [0.1, 0.15) is 51.3 Å². The number of carbonyl (C=O) groups is 1. The molecule has 0 radical (unpaired) electrons. The molecule has 1 spiro atoms. The van der Waals surface area contributed by atoms with Crippen molar-refractivity contribution < 1.29 is 9.53 Å². The lowest BCUT2D eigenvalue weighted by molar-refractivity contribution is 0.0162. The van der Waals surface area contributed by atoms with Crippen molar-refractivity contribution in [3.63, 3.8) is 0 Å². The molecule has 0 aromatic carbocycles. The Bertz CT molecular complexity index is 604. The number of carbonyl (C=O) groups excluding carboxylic acids is 1. The van der Waals surface area contributed by atoms with E-state index in [9.17, 15) is 4.79 Å². The Morgan fingerprint density at radius 3 is 2.61 bits per heavy atom. The molecule has 1 aliphatic heterocycles. The highest BCUT2D eigenvalue weighted by Crippen LogP contribution is 2.45. The van der Waals surface area contributed by atoms with Crippen molar-refractivity contribution in [3.8, 4) is 0 Å². The number of piperidine rings is 1. The highest BCUT2D eigenvalue weighted by atomic mass is 32.2. The summed E-state index contributed by atoms with van der Waals surface area (Å²) in [6, 6.07) is 0. The van der Waals surface area contributed by atoms with Crippen LogP contribution >= 0.6 is 11.8 Å². The van der Waals surface area contributed by atoms with Gasteiger partial charge in [-0.2, -0.15) is 0 Å². The minimum atomic E-state index is -0.438. The summed E-state index contributed by atoms with van der Waals surface area (Å²) in [5, 5.41) is 0.847. The average molecular weight is 335 g/mol. The Labute approximate surface area is 142 Å². The Kier molecular flexibility index (Phi) is 4.29. The van der Waals surface area contributed by atoms with Crippen molar-refractivity contribution in [3.05, 3.63) is 17.5 Å². The number of fused-ring (bicyclic) bond motifs is 2. The van der Waals surface area contributed by atoms with Crippen LogP contribution in [0.15, 0.2) is 11.4 Å². The zero-order chi connectivity index (χ0) is 16.7. The van der Waals surface area contributed by atoms with E-state index < -0.39 is 5.60 Å². The fourth-order valence-electron chi connectivity index (χ4n) is 3.55. The molecule has 1 aliphatic carbocycles. The van der Waals surface area contributed by atoms with Crippen LogP contribution in [0.3, 0.4) is 0 Å². The summed E-state index contributed by atoms with van der Waals surface area (Å²) >= 11 is 1.59. The molecular weight excluding hydrogens is 310 g/mol. The van der Waals surface area contributed by atoms with E-state index in [0.717, 1.165) is 43.9 Å². The van der Waals surface area contributed by atoms with E-state index in [4.69, 9.17) is 9.72 Å². The van der Waals surface area contributed by atoms with Gasteiger partial charge in [-0.05, 0) is 58.3 Å². The Morgan fingerprint density at radius 1 is 1.30 bits per heavy atom. The number of aryl methyl sites for hydroxylation is 1. The number of rotatable bonds is 1. The van der Waals surface area contributed by atoms with Crippen molar-refractivity contribution in [1.29, 1.82) is 0 Å². The smallest absolute Gasteiger partial charge is 0.410 e. The van der Waals surface area contributed by atoms with Gasteiger partial charge in [-0.25, -0.2) is 14.8 Å². The summed E-state index contributed by atoms with van der Waals surface area (Å²) in [6.07, 6.45) is 7.90. The molecule has 0 unspecified atom stereocenters. The van der Waals surface area contributed by atoms with Gasteiger partial charge in [0.15, 0.2) is 5.16 Å². The maximum atomic E-state index is 12.2. The number of hydrogen-bond acceptors (Lipinski definition) is 5. The fraction of sp³-hybridized carbons (Fsp3) is 0.706. The molecule has 2 aliphatic rings. The molecule has 2 heterocycles. The minimum absolute atomic E-state index is 0.126. The van der Waals surface area contributed by atoms with Crippen LogP contribution in [0.4, 0.5) is 4.79 Å². The quantitative estimate of drug-likeness (QED) is 0.581. The molecule has 0 bridgehead atoms. The van der Waals surface area contributed by atoms with Gasteiger partial charge in [-0.1, -0.05) is 11.8 Å². The molecular formula is C17H25N3O2S. The fourth-order valence-corrected chi connectivity index (χ4v) is 3.89. The second-order valence-electron chi connectivity index (χ2n) is 7.48. The van der Waals surface area contributed by atoms with Gasteiger partial charge >= 0.3 is 6.09 Å². The molecule has 5 nitrogen and oxygen atoms in total. The Hall–Kier alpha value is -1.30. The van der Waals surface area contributed by atoms with E-state index >= 15 is 0 Å². The molecule has 1 amide bonds. The standard InChI is InChI=1S/C17H25N3O2S/c1-16(2,3)22-15(21)20-9-7-17(8-10-20)6-5-12-11-18-14(23-4)19-13(12)17/h11H,5-10H2,1-4H3. The monoisotopic (exact) mass is 335 g/mol. The van der Waals surface area contributed by atoms with Crippen molar-refractivity contribution in [1.82, 2.24) is 14.9 Å². The summed E-state index contributed by atoms with van der Waals surface area (Å²) < 4.78 is 5.49. The van der Waals surface area contributed by atoms with Crippen LogP contribution in [0.25, 0.3) is 0 Å². The molecule has 23 heavy (non-hydrogen) atoms. The van der Waals surface area contributed by atoms with Crippen molar-refractivity contribution in [2.24, 2.45) is 0 Å². The first-order chi connectivity index (χ1) is 10.8. The lowest BCUT2D eigenvalue weighted by Gasteiger charge is -2.39. The molecule has 1 aromatic rings. The van der Waals surface area contributed by atoms with Gasteiger partial charge in [-0.15, -0.1) is 0 Å². The first kappa shape index (κ1) is 16.6. The van der Waals surface area contributed by atoms with Crippen molar-refractivity contribution >= 4 is 17.9 Å². The lowest BCUT2D eigenvalue weighted by atomic mass is 9.76. The molecule has 1 aromatic heterocycles. The number of ether oxygens (including phenoxy) is 1. The molecule has 1 saturated heterocycles. The zero-order valence-corrected chi connectivity index (χ0v) is 15.2. The molecule has 3 rings (SSSR count). The SMILES string of the molecule is CSc1ncc2c(n1)C1(CC2)CCN(C(=O)OC(C)(C)C)CC1. The van der Waals surface area contributed by atoms with Crippen LogP contribution in [-0.2, 0) is 16.6 Å². The summed E-state index contributed by atoms with van der Waals surface area (Å²) in [4.78, 5) is 23.3. The van der Waals surface area contributed by atoms with Gasteiger partial charge in [0.1, 0.15) is 5.60 Å². The Morgan fingerprint density at radius 2 is 2.00 bits per heavy atom. The maximum Gasteiger partial charge on any atom is 0.410 e. The number of amides is 1. The van der Waals surface area contributed by atoms with Crippen LogP contribution in [0.5, 0.6) is 0 Å². The highest BCUT2D eigenvalue weighted by Gasteiger charge is 2.44. The molecule has 0 saturated carbocycles. The third kappa shape index (κ3) is 3.32. The second kappa shape index (κ2) is 5.96. The normalized spacial score (nSPS) is 19.7. The van der Waals surface area contributed by atoms with Crippen molar-refractivity contribution in [2.75, 3.05) is 19.3 Å². The molecule has 126 valence electrons. The van der Waals surface area contributed by atoms with Gasteiger partial charge in [0.25, 0.3) is 0 Å². The van der Waals surface area contributed by atoms with E-state index in [1.807, 2.05) is 38.1 Å². The van der Waals surface area contributed by atoms with Gasteiger partial charge in [-0.3, -0.25) is 0 Å². The lowest BCUT2D eigenvalue weighted by Crippen LogP contribution is -2.46. The first-order valence-electron chi connectivity index (χ1n) is 8.21. The number of likely N-dealkylation sites (tertiary alicyclic amines) is 1. The predicted molar refractivity (Wildman–Crippen MR) is 90.9 cm³/mol. The second-order valence-corrected chi connectivity index (χ2v) is 8.25. The number of hydrogen-bond donors (Lipinski definition) is 0. The molecule has 0 atom stereocenters. The van der Waals surface area contributed by atoms with Gasteiger partial charge in [0, 0.05) is 24.7 Å². The number of aromatic nitrogens is 2. The van der Waals surface area contributed by atoms with E-state index in [0.29, 0.717) is 0 Å². The van der Waals surface area contributed by atoms with E-state index in [1.165, 1.54) is 11.3 Å². The van der Waals surface area contributed by atoms with Crippen LogP contribution in [0.2, 0.25) is 0 Å². The zero-order valence-electron chi connectivity index (χ0n) is 14.4. The van der Waals surface area contributed by atoms with E-state index in [-0.39, 0.29) is 11.5 Å². The minimum Gasteiger partial charge on any atom is -0.444 e. The average Bonchev–Trinajstić information content (AvgIpc) is 2.84. The Balaban J connectivity index is 1.72. The largest absolute Gasteiger partial charge is 0.444 e. The van der Waals surface area contributed by atoms with Crippen molar-refractivity contribution in [2.45, 2.75) is 62.6 Å². The predicted octanol–water partition coefficient (Wildman–Crippen LogP) is 3.41. The third-order valence-corrected chi connectivity index (χ3v) is 5.33. The molecule has 6 heteroatoms. The summed E-state index contributed by atoms with van der Waals surface area (Å²) in [6.45, 7) is 7.21. The summed E-state index contributed by atoms with van der Waals surface area (Å²) in [5.41, 5.74) is 2.20. The molecule has 1 fully saturated rings. The van der Waals surface area contributed by atoms with Gasteiger partial charge < -0.3 is 9.64 Å². The highest BCUT2D eigenvalue weighted by molar-refractivity contribution is 7.98. The summed E-state index contributed by atoms with van der Waals surface area (Å²) in [7, 11) is 0. The van der Waals surface area contributed by atoms with E-state index in [2.05, 4.69) is 4.98 Å². The number of thioether (sulfide) groups is 1. The topological polar surface area (TPSA) is 55.3 Å². The van der Waals surface area contributed by atoms with Crippen LogP contribution < -0.4 is 0 Å². The van der Waals surface area contributed by atoms with Crippen LogP contribution in [-0.4, -0.2) is 45.9 Å². The maximum absolute atomic E-state index is 12.2. The van der Waals surface area contributed by atoms with E-state index in [1.54, 1.807) is 11.8 Å². The van der Waals surface area contributed by atoms with Crippen LogP contribution in [0, 0.1) is 0 Å². The van der Waals surface area contributed by atoms with Gasteiger partial charge in [0.2, 0.25) is 0 Å². The molecule has 0 N–H and O–H groups in total.